The maximum atomic E-state index is 13.0. The van der Waals surface area contributed by atoms with E-state index in [1.54, 1.807) is 24.3 Å². The number of aromatic amines is 1. The van der Waals surface area contributed by atoms with Crippen LogP contribution in [0.1, 0.15) is 20.8 Å². The maximum Gasteiger partial charge on any atom is 0.287 e. The Morgan fingerprint density at radius 2 is 1.85 bits per heavy atom. The van der Waals surface area contributed by atoms with Crippen LogP contribution in [-0.2, 0) is 0 Å². The van der Waals surface area contributed by atoms with E-state index in [-0.39, 0.29) is 16.6 Å². The fraction of sp³-hybridized carbons (Fsp3) is 0. The van der Waals surface area contributed by atoms with Crippen LogP contribution in [0.25, 0.3) is 11.3 Å². The number of hydrogen-bond donors (Lipinski definition) is 4. The summed E-state index contributed by atoms with van der Waals surface area (Å²) >= 11 is 4.95. The molecule has 0 aliphatic rings. The molecule has 0 fully saturated rings. The van der Waals surface area contributed by atoms with Gasteiger partial charge in [0.1, 0.15) is 11.5 Å². The molecule has 2 heterocycles. The molecule has 136 valence electrons. The fourth-order valence-corrected chi connectivity index (χ4v) is 2.23. The van der Waals surface area contributed by atoms with E-state index in [2.05, 4.69) is 31.3 Å². The van der Waals surface area contributed by atoms with Crippen molar-refractivity contribution in [1.82, 2.24) is 31.3 Å². The van der Waals surface area contributed by atoms with E-state index in [1.165, 1.54) is 30.6 Å². The number of carbonyl (C=O) groups excluding carboxylic acids is 2. The first-order valence-corrected chi connectivity index (χ1v) is 8.07. The molecule has 0 aliphatic carbocycles. The number of H-pyrrole nitrogens is 1. The Bertz CT molecular complexity index is 975. The molecule has 3 rings (SSSR count). The molecule has 0 atom stereocenters. The molecule has 2 aromatic heterocycles. The number of benzene rings is 1. The minimum Gasteiger partial charge on any atom is -0.298 e. The summed E-state index contributed by atoms with van der Waals surface area (Å²) in [6.45, 7) is 0. The largest absolute Gasteiger partial charge is 0.298 e. The zero-order valence-electron chi connectivity index (χ0n) is 13.7. The zero-order valence-corrected chi connectivity index (χ0v) is 14.5. The van der Waals surface area contributed by atoms with Gasteiger partial charge in [0.15, 0.2) is 5.11 Å². The zero-order chi connectivity index (χ0) is 19.2. The van der Waals surface area contributed by atoms with E-state index < -0.39 is 11.8 Å². The van der Waals surface area contributed by atoms with Crippen molar-refractivity contribution < 1.29 is 14.0 Å². The topological polar surface area (TPSA) is 112 Å². The van der Waals surface area contributed by atoms with E-state index in [1.807, 2.05) is 0 Å². The molecule has 4 N–H and O–H groups in total. The molecule has 8 nitrogen and oxygen atoms in total. The van der Waals surface area contributed by atoms with Gasteiger partial charge in [0, 0.05) is 18.0 Å². The average Bonchev–Trinajstić information content (AvgIpc) is 3.17. The molecule has 0 bridgehead atoms. The van der Waals surface area contributed by atoms with Crippen LogP contribution in [0.2, 0.25) is 0 Å². The second-order valence-electron chi connectivity index (χ2n) is 5.28. The Hall–Kier alpha value is -3.66. The SMILES string of the molecule is O=C(NC(=S)NNC(=O)c1cc(-c2ccc(F)cc2)n[nH]1)c1cccnc1. The summed E-state index contributed by atoms with van der Waals surface area (Å²) in [6.07, 6.45) is 2.93. The molecular weight excluding hydrogens is 371 g/mol. The normalized spacial score (nSPS) is 10.1. The summed E-state index contributed by atoms with van der Waals surface area (Å²) in [5.41, 5.74) is 6.37. The first kappa shape index (κ1) is 18.1. The highest BCUT2D eigenvalue weighted by Gasteiger charge is 2.12. The van der Waals surface area contributed by atoms with E-state index in [4.69, 9.17) is 12.2 Å². The number of aromatic nitrogens is 3. The fourth-order valence-electron chi connectivity index (χ4n) is 2.09. The van der Waals surface area contributed by atoms with Crippen molar-refractivity contribution >= 4 is 29.1 Å². The highest BCUT2D eigenvalue weighted by atomic mass is 32.1. The number of pyridine rings is 1. The third-order valence-corrected chi connectivity index (χ3v) is 3.61. The van der Waals surface area contributed by atoms with Gasteiger partial charge in [0.2, 0.25) is 0 Å². The van der Waals surface area contributed by atoms with Crippen LogP contribution in [0.15, 0.2) is 54.9 Å². The smallest absolute Gasteiger partial charge is 0.287 e. The number of hydrazine groups is 1. The summed E-state index contributed by atoms with van der Waals surface area (Å²) in [5, 5.41) is 8.90. The van der Waals surface area contributed by atoms with Crippen LogP contribution in [0.4, 0.5) is 4.39 Å². The van der Waals surface area contributed by atoms with Crippen molar-refractivity contribution in [2.75, 3.05) is 0 Å². The number of nitrogens with zero attached hydrogens (tertiary/aromatic N) is 2. The molecular formula is C17H13FN6O2S. The summed E-state index contributed by atoms with van der Waals surface area (Å²) in [7, 11) is 0. The number of halogens is 1. The second kappa shape index (κ2) is 8.15. The van der Waals surface area contributed by atoms with Crippen LogP contribution < -0.4 is 16.2 Å². The second-order valence-corrected chi connectivity index (χ2v) is 5.69. The summed E-state index contributed by atoms with van der Waals surface area (Å²) < 4.78 is 13.0. The molecule has 0 saturated heterocycles. The van der Waals surface area contributed by atoms with E-state index >= 15 is 0 Å². The van der Waals surface area contributed by atoms with Crippen molar-refractivity contribution in [2.45, 2.75) is 0 Å². The molecule has 0 aliphatic heterocycles. The van der Waals surface area contributed by atoms with E-state index in [0.717, 1.165) is 0 Å². The molecule has 10 heteroatoms. The van der Waals surface area contributed by atoms with Gasteiger partial charge in [-0.25, -0.2) is 4.39 Å². The number of amides is 2. The quantitative estimate of drug-likeness (QED) is 0.403. The van der Waals surface area contributed by atoms with Gasteiger partial charge in [-0.2, -0.15) is 5.10 Å². The molecule has 0 unspecified atom stereocenters. The van der Waals surface area contributed by atoms with Crippen LogP contribution >= 0.6 is 12.2 Å². The van der Waals surface area contributed by atoms with Gasteiger partial charge in [-0.1, -0.05) is 0 Å². The van der Waals surface area contributed by atoms with Crippen molar-refractivity contribution in [3.05, 3.63) is 71.9 Å². The standard InChI is InChI=1S/C17H13FN6O2S/c18-12-5-3-10(4-6-12)13-8-14(22-21-13)16(26)23-24-17(27)20-15(25)11-2-1-7-19-9-11/h1-9H,(H,21,22)(H,23,26)(H2,20,24,25,27). The number of rotatable bonds is 3. The Kier molecular flexibility index (Phi) is 5.47. The number of thiocarbonyl (C=S) groups is 1. The van der Waals surface area contributed by atoms with Gasteiger partial charge in [-0.3, -0.25) is 35.8 Å². The van der Waals surface area contributed by atoms with Crippen LogP contribution in [0.5, 0.6) is 0 Å². The molecule has 3 aromatic rings. The molecule has 0 radical (unpaired) electrons. The maximum absolute atomic E-state index is 13.0. The van der Waals surface area contributed by atoms with Gasteiger partial charge < -0.3 is 0 Å². The lowest BCUT2D eigenvalue weighted by Gasteiger charge is -2.09. The Morgan fingerprint density at radius 1 is 1.07 bits per heavy atom. The van der Waals surface area contributed by atoms with Gasteiger partial charge in [-0.15, -0.1) is 0 Å². The third-order valence-electron chi connectivity index (χ3n) is 3.40. The molecule has 2 amide bonds. The summed E-state index contributed by atoms with van der Waals surface area (Å²) in [4.78, 5) is 27.9. The molecule has 0 saturated carbocycles. The predicted octanol–water partition coefficient (Wildman–Crippen LogP) is 1.56. The predicted molar refractivity (Wildman–Crippen MR) is 98.9 cm³/mol. The number of carbonyl (C=O) groups is 2. The Labute approximate surface area is 158 Å². The molecule has 27 heavy (non-hydrogen) atoms. The van der Waals surface area contributed by atoms with Crippen molar-refractivity contribution in [2.24, 2.45) is 0 Å². The van der Waals surface area contributed by atoms with Crippen LogP contribution in [-0.4, -0.2) is 32.1 Å². The van der Waals surface area contributed by atoms with E-state index in [9.17, 15) is 14.0 Å². The highest BCUT2D eigenvalue weighted by Crippen LogP contribution is 2.17. The van der Waals surface area contributed by atoms with Crippen LogP contribution in [0.3, 0.4) is 0 Å². The lowest BCUT2D eigenvalue weighted by molar-refractivity contribution is 0.0930. The monoisotopic (exact) mass is 384 g/mol. The molecule has 0 spiro atoms. The molecule has 1 aromatic carbocycles. The minimum atomic E-state index is -0.547. The first-order valence-electron chi connectivity index (χ1n) is 7.66. The minimum absolute atomic E-state index is 0.0875. The highest BCUT2D eigenvalue weighted by molar-refractivity contribution is 7.80. The summed E-state index contributed by atoms with van der Waals surface area (Å²) in [6, 6.07) is 10.4. The lowest BCUT2D eigenvalue weighted by Crippen LogP contribution is -2.48. The number of hydrogen-bond acceptors (Lipinski definition) is 5. The van der Waals surface area contributed by atoms with Gasteiger partial charge in [-0.05, 0) is 54.7 Å². The first-order chi connectivity index (χ1) is 13.0. The van der Waals surface area contributed by atoms with Crippen LogP contribution in [0, 0.1) is 5.82 Å². The van der Waals surface area contributed by atoms with Gasteiger partial charge in [0.25, 0.3) is 11.8 Å². The Balaban J connectivity index is 1.54. The Morgan fingerprint density at radius 3 is 2.56 bits per heavy atom. The average molecular weight is 384 g/mol. The third kappa shape index (κ3) is 4.70. The lowest BCUT2D eigenvalue weighted by atomic mass is 10.1. The van der Waals surface area contributed by atoms with E-state index in [0.29, 0.717) is 16.8 Å². The van der Waals surface area contributed by atoms with Crippen molar-refractivity contribution in [3.63, 3.8) is 0 Å². The number of nitrogens with one attached hydrogen (secondary N) is 4. The summed E-state index contributed by atoms with van der Waals surface area (Å²) in [5.74, 6) is -1.37. The van der Waals surface area contributed by atoms with Gasteiger partial charge >= 0.3 is 0 Å². The van der Waals surface area contributed by atoms with Gasteiger partial charge in [0.05, 0.1) is 11.3 Å². The van der Waals surface area contributed by atoms with Crippen molar-refractivity contribution in [1.29, 1.82) is 0 Å². The van der Waals surface area contributed by atoms with Crippen molar-refractivity contribution in [3.8, 4) is 11.3 Å².